The first kappa shape index (κ1) is 13.1. The van der Waals surface area contributed by atoms with E-state index in [-0.39, 0.29) is 22.7 Å². The molecular weight excluding hydrogens is 278 g/mol. The molecule has 2 rings (SSSR count). The second-order valence-corrected chi connectivity index (χ2v) is 4.24. The van der Waals surface area contributed by atoms with Crippen molar-refractivity contribution in [3.8, 4) is 11.6 Å². The van der Waals surface area contributed by atoms with Crippen LogP contribution in [0.25, 0.3) is 0 Å². The predicted octanol–water partition coefficient (Wildman–Crippen LogP) is 4.11. The highest BCUT2D eigenvalue weighted by Crippen LogP contribution is 2.29. The molecule has 2 aromatic rings. The molecule has 0 radical (unpaired) electrons. The molecular formula is C12H9Cl2FN2O. The van der Waals surface area contributed by atoms with Crippen LogP contribution in [0.5, 0.6) is 11.6 Å². The number of hydrogen-bond acceptors (Lipinski definition) is 3. The molecule has 0 spiro atoms. The van der Waals surface area contributed by atoms with E-state index in [1.54, 1.807) is 12.1 Å². The summed E-state index contributed by atoms with van der Waals surface area (Å²) in [6, 6.07) is 4.55. The van der Waals surface area contributed by atoms with Crippen molar-refractivity contribution < 1.29 is 9.13 Å². The maximum absolute atomic E-state index is 13.6. The van der Waals surface area contributed by atoms with Crippen molar-refractivity contribution in [2.75, 3.05) is 0 Å². The molecule has 3 nitrogen and oxygen atoms in total. The molecule has 1 aromatic carbocycles. The van der Waals surface area contributed by atoms with Gasteiger partial charge in [-0.05, 0) is 24.6 Å². The molecule has 0 saturated carbocycles. The van der Waals surface area contributed by atoms with Gasteiger partial charge in [-0.25, -0.2) is 14.4 Å². The van der Waals surface area contributed by atoms with E-state index >= 15 is 0 Å². The lowest BCUT2D eigenvalue weighted by atomic mass is 10.2. The predicted molar refractivity (Wildman–Crippen MR) is 67.8 cm³/mol. The van der Waals surface area contributed by atoms with Gasteiger partial charge in [0, 0.05) is 0 Å². The van der Waals surface area contributed by atoms with Gasteiger partial charge in [0.05, 0.1) is 11.4 Å². The molecule has 0 fully saturated rings. The summed E-state index contributed by atoms with van der Waals surface area (Å²) in [6.45, 7) is 1.84. The highest BCUT2D eigenvalue weighted by Gasteiger charge is 2.13. The zero-order valence-corrected chi connectivity index (χ0v) is 11.0. The van der Waals surface area contributed by atoms with Crippen molar-refractivity contribution in [1.29, 1.82) is 0 Å². The van der Waals surface area contributed by atoms with Crippen LogP contribution in [-0.4, -0.2) is 9.97 Å². The number of aromatic nitrogens is 2. The Morgan fingerprint density at radius 3 is 2.83 bits per heavy atom. The first-order valence-corrected chi connectivity index (χ1v) is 6.02. The van der Waals surface area contributed by atoms with Crippen LogP contribution >= 0.6 is 23.2 Å². The Bertz CT molecular complexity index is 578. The molecule has 94 valence electrons. The van der Waals surface area contributed by atoms with E-state index in [1.807, 2.05) is 6.92 Å². The van der Waals surface area contributed by atoms with Gasteiger partial charge >= 0.3 is 0 Å². The molecule has 1 aromatic heterocycles. The third kappa shape index (κ3) is 2.71. The topological polar surface area (TPSA) is 35.0 Å². The Labute approximate surface area is 114 Å². The average molecular weight is 287 g/mol. The van der Waals surface area contributed by atoms with Crippen LogP contribution < -0.4 is 4.74 Å². The number of alkyl halides is 1. The molecule has 18 heavy (non-hydrogen) atoms. The third-order valence-electron chi connectivity index (χ3n) is 2.28. The molecule has 0 aliphatic heterocycles. The molecule has 0 atom stereocenters. The Hall–Kier alpha value is -1.39. The highest BCUT2D eigenvalue weighted by atomic mass is 35.5. The molecule has 1 heterocycles. The minimum atomic E-state index is -0.476. The maximum atomic E-state index is 13.6. The quantitative estimate of drug-likeness (QED) is 0.629. The normalized spacial score (nSPS) is 10.4. The van der Waals surface area contributed by atoms with Crippen molar-refractivity contribution in [2.45, 2.75) is 12.8 Å². The smallest absolute Gasteiger partial charge is 0.228 e. The Morgan fingerprint density at radius 2 is 2.11 bits per heavy atom. The van der Waals surface area contributed by atoms with Crippen molar-refractivity contribution in [1.82, 2.24) is 9.97 Å². The van der Waals surface area contributed by atoms with E-state index in [4.69, 9.17) is 27.9 Å². The summed E-state index contributed by atoms with van der Waals surface area (Å²) in [6.07, 6.45) is 1.24. The summed E-state index contributed by atoms with van der Waals surface area (Å²) in [5, 5.41) is 0.197. The number of benzene rings is 1. The molecule has 0 aliphatic carbocycles. The van der Waals surface area contributed by atoms with E-state index in [0.717, 1.165) is 5.56 Å². The van der Waals surface area contributed by atoms with Crippen LogP contribution in [0, 0.1) is 12.7 Å². The molecule has 6 heteroatoms. The number of ether oxygens (including phenoxy) is 1. The van der Waals surface area contributed by atoms with Crippen LogP contribution in [-0.2, 0) is 5.88 Å². The Morgan fingerprint density at radius 1 is 1.33 bits per heavy atom. The van der Waals surface area contributed by atoms with Gasteiger partial charge in [-0.1, -0.05) is 17.7 Å². The zero-order chi connectivity index (χ0) is 13.1. The number of aryl methyl sites for hydroxylation is 1. The van der Waals surface area contributed by atoms with Crippen molar-refractivity contribution in [2.24, 2.45) is 0 Å². The van der Waals surface area contributed by atoms with Crippen LogP contribution in [0.1, 0.15) is 11.1 Å². The summed E-state index contributed by atoms with van der Waals surface area (Å²) in [5.41, 5.74) is 1.31. The van der Waals surface area contributed by atoms with Crippen LogP contribution in [0.15, 0.2) is 24.5 Å². The molecule has 0 N–H and O–H groups in total. The minimum absolute atomic E-state index is 0.0798. The van der Waals surface area contributed by atoms with Gasteiger partial charge in [0.1, 0.15) is 11.5 Å². The van der Waals surface area contributed by atoms with Gasteiger partial charge in [-0.3, -0.25) is 0 Å². The molecule has 0 saturated heterocycles. The monoisotopic (exact) mass is 286 g/mol. The lowest BCUT2D eigenvalue weighted by Crippen LogP contribution is -1.97. The number of nitrogens with zero attached hydrogens (tertiary/aromatic N) is 2. The third-order valence-corrected chi connectivity index (χ3v) is 2.87. The van der Waals surface area contributed by atoms with Crippen LogP contribution in [0.4, 0.5) is 4.39 Å². The fourth-order valence-electron chi connectivity index (χ4n) is 1.37. The van der Waals surface area contributed by atoms with E-state index < -0.39 is 5.82 Å². The van der Waals surface area contributed by atoms with Gasteiger partial charge in [0.25, 0.3) is 0 Å². The highest BCUT2D eigenvalue weighted by molar-refractivity contribution is 6.31. The maximum Gasteiger partial charge on any atom is 0.228 e. The summed E-state index contributed by atoms with van der Waals surface area (Å²) in [4.78, 5) is 7.70. The first-order chi connectivity index (χ1) is 8.61. The SMILES string of the molecule is Cc1ccc(F)c(Oc2ncnc(Cl)c2CCl)c1. The van der Waals surface area contributed by atoms with E-state index in [1.165, 1.54) is 12.4 Å². The molecule has 0 bridgehead atoms. The summed E-state index contributed by atoms with van der Waals surface area (Å²) in [7, 11) is 0. The van der Waals surface area contributed by atoms with E-state index in [9.17, 15) is 4.39 Å². The molecule has 0 aliphatic rings. The standard InChI is InChI=1S/C12H9Cl2FN2O/c1-7-2-3-9(15)10(4-7)18-12-8(5-13)11(14)16-6-17-12/h2-4,6H,5H2,1H3. The number of hydrogen-bond donors (Lipinski definition) is 0. The second kappa shape index (κ2) is 5.50. The van der Waals surface area contributed by atoms with Crippen molar-refractivity contribution in [3.63, 3.8) is 0 Å². The lowest BCUT2D eigenvalue weighted by molar-refractivity contribution is 0.422. The van der Waals surface area contributed by atoms with E-state index in [0.29, 0.717) is 5.56 Å². The lowest BCUT2D eigenvalue weighted by Gasteiger charge is -2.10. The minimum Gasteiger partial charge on any atom is -0.435 e. The largest absolute Gasteiger partial charge is 0.435 e. The average Bonchev–Trinajstić information content (AvgIpc) is 2.34. The fraction of sp³-hybridized carbons (Fsp3) is 0.167. The zero-order valence-electron chi connectivity index (χ0n) is 9.45. The summed E-state index contributed by atoms with van der Waals surface area (Å²) in [5.74, 6) is -0.149. The Balaban J connectivity index is 2.40. The van der Waals surface area contributed by atoms with Crippen molar-refractivity contribution >= 4 is 23.2 Å². The molecule has 0 amide bonds. The van der Waals surface area contributed by atoms with Crippen LogP contribution in [0.2, 0.25) is 5.15 Å². The van der Waals surface area contributed by atoms with E-state index in [2.05, 4.69) is 9.97 Å². The fourth-order valence-corrected chi connectivity index (χ4v) is 1.87. The van der Waals surface area contributed by atoms with Crippen LogP contribution in [0.3, 0.4) is 0 Å². The summed E-state index contributed by atoms with van der Waals surface area (Å²) < 4.78 is 19.0. The second-order valence-electron chi connectivity index (χ2n) is 3.62. The Kier molecular flexibility index (Phi) is 3.99. The van der Waals surface area contributed by atoms with Gasteiger partial charge in [-0.15, -0.1) is 11.6 Å². The van der Waals surface area contributed by atoms with Gasteiger partial charge in [0.15, 0.2) is 11.6 Å². The van der Waals surface area contributed by atoms with Gasteiger partial charge < -0.3 is 4.74 Å². The van der Waals surface area contributed by atoms with Gasteiger partial charge in [0.2, 0.25) is 5.88 Å². The molecule has 0 unspecified atom stereocenters. The number of halogens is 3. The summed E-state index contributed by atoms with van der Waals surface area (Å²) >= 11 is 11.6. The van der Waals surface area contributed by atoms with Crippen molar-refractivity contribution in [3.05, 3.63) is 46.6 Å². The number of rotatable bonds is 3. The first-order valence-electron chi connectivity index (χ1n) is 5.11. The van der Waals surface area contributed by atoms with Gasteiger partial charge in [-0.2, -0.15) is 0 Å².